The summed E-state index contributed by atoms with van der Waals surface area (Å²) in [5.41, 5.74) is 1.33. The summed E-state index contributed by atoms with van der Waals surface area (Å²) in [7, 11) is 0. The SMILES string of the molecule is N#C[C@@H](c1ccccc1)[C@@H](CCO)c1ncc(Cl)nc1Cl. The zero-order valence-electron chi connectivity index (χ0n) is 11.1. The Morgan fingerprint density at radius 3 is 2.52 bits per heavy atom. The molecular formula is C15H13Cl2N3O. The van der Waals surface area contributed by atoms with Gasteiger partial charge in [-0.25, -0.2) is 4.98 Å². The molecule has 0 aliphatic rings. The fourth-order valence-electron chi connectivity index (χ4n) is 2.26. The predicted octanol–water partition coefficient (Wildman–Crippen LogP) is 3.56. The van der Waals surface area contributed by atoms with Gasteiger partial charge in [0, 0.05) is 12.5 Å². The summed E-state index contributed by atoms with van der Waals surface area (Å²) >= 11 is 11.9. The van der Waals surface area contributed by atoms with Crippen LogP contribution in [0, 0.1) is 11.3 Å². The highest BCUT2D eigenvalue weighted by molar-refractivity contribution is 6.32. The number of halogens is 2. The van der Waals surface area contributed by atoms with Gasteiger partial charge in [0.25, 0.3) is 0 Å². The highest BCUT2D eigenvalue weighted by atomic mass is 35.5. The van der Waals surface area contributed by atoms with Crippen molar-refractivity contribution in [2.24, 2.45) is 0 Å². The third-order valence-corrected chi connectivity index (χ3v) is 3.68. The summed E-state index contributed by atoms with van der Waals surface area (Å²) in [5, 5.41) is 19.2. The Morgan fingerprint density at radius 2 is 1.95 bits per heavy atom. The van der Waals surface area contributed by atoms with Gasteiger partial charge in [-0.15, -0.1) is 0 Å². The van der Waals surface area contributed by atoms with Crippen molar-refractivity contribution in [3.63, 3.8) is 0 Å². The minimum absolute atomic E-state index is 0.0731. The Balaban J connectivity index is 2.44. The van der Waals surface area contributed by atoms with Crippen LogP contribution in [0.2, 0.25) is 10.3 Å². The van der Waals surface area contributed by atoms with E-state index in [1.54, 1.807) is 0 Å². The van der Waals surface area contributed by atoms with Crippen LogP contribution in [0.25, 0.3) is 0 Å². The Kier molecular flexibility index (Phi) is 5.51. The number of aromatic nitrogens is 2. The number of nitrogens with zero attached hydrogens (tertiary/aromatic N) is 3. The molecule has 4 nitrogen and oxygen atoms in total. The summed E-state index contributed by atoms with van der Waals surface area (Å²) in [6.45, 7) is -0.0731. The first-order chi connectivity index (χ1) is 10.2. The van der Waals surface area contributed by atoms with Crippen LogP contribution in [0.5, 0.6) is 0 Å². The molecule has 0 saturated heterocycles. The van der Waals surface area contributed by atoms with E-state index in [0.29, 0.717) is 12.1 Å². The van der Waals surface area contributed by atoms with E-state index >= 15 is 0 Å². The van der Waals surface area contributed by atoms with Crippen molar-refractivity contribution in [2.75, 3.05) is 6.61 Å². The van der Waals surface area contributed by atoms with Crippen molar-refractivity contribution in [3.05, 3.63) is 58.1 Å². The van der Waals surface area contributed by atoms with Crippen LogP contribution >= 0.6 is 23.2 Å². The van der Waals surface area contributed by atoms with Crippen molar-refractivity contribution >= 4 is 23.2 Å². The normalized spacial score (nSPS) is 13.4. The van der Waals surface area contributed by atoms with Gasteiger partial charge in [-0.1, -0.05) is 53.5 Å². The Labute approximate surface area is 133 Å². The van der Waals surface area contributed by atoms with Crippen LogP contribution in [0.15, 0.2) is 36.5 Å². The first-order valence-corrected chi connectivity index (χ1v) is 7.16. The maximum absolute atomic E-state index is 9.53. The van der Waals surface area contributed by atoms with Gasteiger partial charge >= 0.3 is 0 Å². The molecule has 1 N–H and O–H groups in total. The molecule has 0 aliphatic carbocycles. The van der Waals surface area contributed by atoms with Crippen LogP contribution in [-0.4, -0.2) is 21.7 Å². The second kappa shape index (κ2) is 7.37. The highest BCUT2D eigenvalue weighted by Crippen LogP contribution is 2.36. The Morgan fingerprint density at radius 1 is 1.24 bits per heavy atom. The van der Waals surface area contributed by atoms with Gasteiger partial charge in [0.2, 0.25) is 0 Å². The van der Waals surface area contributed by atoms with E-state index in [1.165, 1.54) is 6.20 Å². The minimum atomic E-state index is -0.466. The first kappa shape index (κ1) is 15.7. The molecule has 0 spiro atoms. The maximum atomic E-state index is 9.53. The number of benzene rings is 1. The molecule has 108 valence electrons. The number of hydrogen-bond donors (Lipinski definition) is 1. The topological polar surface area (TPSA) is 69.8 Å². The molecule has 2 atom stereocenters. The fourth-order valence-corrected chi connectivity index (χ4v) is 2.72. The summed E-state index contributed by atoms with van der Waals surface area (Å²) in [5.74, 6) is -0.814. The molecule has 0 fully saturated rings. The monoisotopic (exact) mass is 321 g/mol. The number of aliphatic hydroxyl groups excluding tert-OH is 1. The largest absolute Gasteiger partial charge is 0.396 e. The van der Waals surface area contributed by atoms with Crippen molar-refractivity contribution in [1.29, 1.82) is 5.26 Å². The Hall–Kier alpha value is -1.67. The van der Waals surface area contributed by atoms with Crippen molar-refractivity contribution in [2.45, 2.75) is 18.3 Å². The van der Waals surface area contributed by atoms with Crippen molar-refractivity contribution < 1.29 is 5.11 Å². The summed E-state index contributed by atoms with van der Waals surface area (Å²) in [6.07, 6.45) is 1.76. The molecule has 1 aromatic carbocycles. The van der Waals surface area contributed by atoms with Gasteiger partial charge in [-0.05, 0) is 12.0 Å². The molecule has 0 aliphatic heterocycles. The van der Waals surface area contributed by atoms with E-state index in [9.17, 15) is 10.4 Å². The van der Waals surface area contributed by atoms with Gasteiger partial charge in [-0.3, -0.25) is 4.98 Å². The van der Waals surface area contributed by atoms with Crippen LogP contribution in [0.3, 0.4) is 0 Å². The number of hydrogen-bond acceptors (Lipinski definition) is 4. The maximum Gasteiger partial charge on any atom is 0.152 e. The van der Waals surface area contributed by atoms with Crippen LogP contribution in [-0.2, 0) is 0 Å². The van der Waals surface area contributed by atoms with Gasteiger partial charge in [0.15, 0.2) is 5.15 Å². The molecule has 1 heterocycles. The lowest BCUT2D eigenvalue weighted by Gasteiger charge is -2.21. The summed E-state index contributed by atoms with van der Waals surface area (Å²) in [4.78, 5) is 8.17. The third kappa shape index (κ3) is 3.70. The molecule has 0 radical (unpaired) electrons. The van der Waals surface area contributed by atoms with E-state index in [2.05, 4.69) is 16.0 Å². The average molecular weight is 322 g/mol. The van der Waals surface area contributed by atoms with E-state index < -0.39 is 5.92 Å². The summed E-state index contributed by atoms with van der Waals surface area (Å²) in [6, 6.07) is 11.6. The van der Waals surface area contributed by atoms with Crippen LogP contribution < -0.4 is 0 Å². The quantitative estimate of drug-likeness (QED) is 0.914. The van der Waals surface area contributed by atoms with Gasteiger partial charge in [-0.2, -0.15) is 5.26 Å². The van der Waals surface area contributed by atoms with E-state index in [4.69, 9.17) is 23.2 Å². The Bertz CT molecular complexity index is 643. The number of rotatable bonds is 5. The molecule has 0 bridgehead atoms. The van der Waals surface area contributed by atoms with E-state index in [1.807, 2.05) is 30.3 Å². The smallest absolute Gasteiger partial charge is 0.152 e. The lowest BCUT2D eigenvalue weighted by molar-refractivity contribution is 0.271. The second-order valence-corrected chi connectivity index (χ2v) is 5.25. The number of nitriles is 1. The summed E-state index contributed by atoms with van der Waals surface area (Å²) < 4.78 is 0. The van der Waals surface area contributed by atoms with E-state index in [-0.39, 0.29) is 22.8 Å². The van der Waals surface area contributed by atoms with Gasteiger partial charge in [0.05, 0.1) is 23.9 Å². The zero-order valence-corrected chi connectivity index (χ0v) is 12.6. The first-order valence-electron chi connectivity index (χ1n) is 6.40. The minimum Gasteiger partial charge on any atom is -0.396 e. The molecule has 0 amide bonds. The lowest BCUT2D eigenvalue weighted by atomic mass is 9.83. The standard InChI is InChI=1S/C15H13Cl2N3O/c16-13-9-19-14(15(17)20-13)11(6-7-21)12(8-18)10-4-2-1-3-5-10/h1-5,9,11-12,21H,6-7H2/t11-,12+/m1/s1. The average Bonchev–Trinajstić information content (AvgIpc) is 2.48. The van der Waals surface area contributed by atoms with Crippen molar-refractivity contribution in [3.8, 4) is 6.07 Å². The molecule has 6 heteroatoms. The highest BCUT2D eigenvalue weighted by Gasteiger charge is 2.28. The molecule has 1 aromatic heterocycles. The third-order valence-electron chi connectivity index (χ3n) is 3.22. The van der Waals surface area contributed by atoms with Gasteiger partial charge in [0.1, 0.15) is 5.15 Å². The molecule has 2 rings (SSSR count). The predicted molar refractivity (Wildman–Crippen MR) is 81.3 cm³/mol. The molecular weight excluding hydrogens is 309 g/mol. The molecule has 0 saturated carbocycles. The van der Waals surface area contributed by atoms with Gasteiger partial charge < -0.3 is 5.11 Å². The van der Waals surface area contributed by atoms with Crippen LogP contribution in [0.4, 0.5) is 0 Å². The molecule has 0 unspecified atom stereocenters. The van der Waals surface area contributed by atoms with Crippen molar-refractivity contribution in [1.82, 2.24) is 9.97 Å². The molecule has 21 heavy (non-hydrogen) atoms. The van der Waals surface area contributed by atoms with Crippen LogP contribution in [0.1, 0.15) is 29.5 Å². The number of aliphatic hydroxyl groups is 1. The lowest BCUT2D eigenvalue weighted by Crippen LogP contribution is -2.14. The van der Waals surface area contributed by atoms with E-state index in [0.717, 1.165) is 5.56 Å². The second-order valence-electron chi connectivity index (χ2n) is 4.51. The molecule has 2 aromatic rings. The fraction of sp³-hybridized carbons (Fsp3) is 0.267. The zero-order chi connectivity index (χ0) is 15.2.